The van der Waals surface area contributed by atoms with E-state index >= 15 is 0 Å². The van der Waals surface area contributed by atoms with Crippen LogP contribution in [0.2, 0.25) is 0 Å². The molecule has 2 fully saturated rings. The average molecular weight is 332 g/mol. The maximum absolute atomic E-state index is 12.6. The molecule has 2 saturated heterocycles. The molecule has 2 aliphatic rings. The van der Waals surface area contributed by atoms with E-state index in [1.807, 2.05) is 23.1 Å². The summed E-state index contributed by atoms with van der Waals surface area (Å²) in [7, 11) is 0. The highest BCUT2D eigenvalue weighted by Gasteiger charge is 2.36. The van der Waals surface area contributed by atoms with Gasteiger partial charge in [0.1, 0.15) is 5.60 Å². The second-order valence-electron chi connectivity index (χ2n) is 7.08. The second kappa shape index (κ2) is 7.09. The van der Waals surface area contributed by atoms with E-state index in [1.165, 1.54) is 0 Å². The van der Waals surface area contributed by atoms with Gasteiger partial charge in [0.2, 0.25) is 0 Å². The van der Waals surface area contributed by atoms with Crippen molar-refractivity contribution in [2.45, 2.75) is 38.5 Å². The Balaban J connectivity index is 1.59. The minimum absolute atomic E-state index is 0.00763. The summed E-state index contributed by atoms with van der Waals surface area (Å²) in [6.45, 7) is 8.73. The molecule has 3 atom stereocenters. The first-order chi connectivity index (χ1) is 11.5. The molecule has 2 heterocycles. The topological polar surface area (TPSA) is 65.6 Å². The van der Waals surface area contributed by atoms with E-state index in [1.54, 1.807) is 0 Å². The molecule has 0 saturated carbocycles. The first kappa shape index (κ1) is 17.2. The Labute approximate surface area is 143 Å². The van der Waals surface area contributed by atoms with Crippen molar-refractivity contribution in [3.05, 3.63) is 35.9 Å². The van der Waals surface area contributed by atoms with Crippen molar-refractivity contribution in [2.75, 3.05) is 26.2 Å². The third kappa shape index (κ3) is 3.55. The van der Waals surface area contributed by atoms with Gasteiger partial charge in [0, 0.05) is 31.1 Å². The molecule has 3 rings (SSSR count). The second-order valence-corrected chi connectivity index (χ2v) is 7.08. The summed E-state index contributed by atoms with van der Waals surface area (Å²) in [5, 5.41) is 3.10. The molecule has 1 aromatic rings. The van der Waals surface area contributed by atoms with Gasteiger partial charge in [-0.05, 0) is 26.3 Å². The van der Waals surface area contributed by atoms with Crippen molar-refractivity contribution in [1.82, 2.24) is 21.1 Å². The lowest BCUT2D eigenvalue weighted by Gasteiger charge is -2.41. The van der Waals surface area contributed by atoms with Crippen LogP contribution in [0.4, 0.5) is 4.79 Å². The Morgan fingerprint density at radius 3 is 2.62 bits per heavy atom. The van der Waals surface area contributed by atoms with Crippen molar-refractivity contribution in [1.29, 1.82) is 0 Å². The number of nitrogens with zero attached hydrogens (tertiary/aromatic N) is 1. The van der Waals surface area contributed by atoms with Gasteiger partial charge in [0.05, 0.1) is 13.2 Å². The standard InChI is InChI=1S/C18H28N4O2/c1-13-16(14(2)21-20-13)11-19-17(23)22-9-10-24-18(3,12-22)15-7-5-4-6-8-15/h4-8,13-14,16,20-21H,9-12H2,1-3H3,(H,19,23). The average Bonchev–Trinajstić information content (AvgIpc) is 2.92. The summed E-state index contributed by atoms with van der Waals surface area (Å²) < 4.78 is 6.00. The number of ether oxygens (including phenoxy) is 1. The molecule has 2 aliphatic heterocycles. The van der Waals surface area contributed by atoms with Crippen molar-refractivity contribution in [2.24, 2.45) is 5.92 Å². The minimum atomic E-state index is -0.450. The molecule has 3 N–H and O–H groups in total. The quantitative estimate of drug-likeness (QED) is 0.784. The van der Waals surface area contributed by atoms with Crippen molar-refractivity contribution in [3.8, 4) is 0 Å². The number of amides is 2. The zero-order valence-electron chi connectivity index (χ0n) is 14.7. The number of carbonyl (C=O) groups excluding carboxylic acids is 1. The third-order valence-electron chi connectivity index (χ3n) is 5.26. The minimum Gasteiger partial charge on any atom is -0.367 e. The number of urea groups is 1. The van der Waals surface area contributed by atoms with Gasteiger partial charge in [-0.15, -0.1) is 0 Å². The summed E-state index contributed by atoms with van der Waals surface area (Å²) in [6, 6.07) is 10.8. The summed E-state index contributed by atoms with van der Waals surface area (Å²) in [5.74, 6) is 0.385. The molecule has 6 heteroatoms. The van der Waals surface area contributed by atoms with Crippen LogP contribution in [0.25, 0.3) is 0 Å². The molecular weight excluding hydrogens is 304 g/mol. The fraction of sp³-hybridized carbons (Fsp3) is 0.611. The maximum Gasteiger partial charge on any atom is 0.317 e. The molecule has 0 aromatic heterocycles. The van der Waals surface area contributed by atoms with Crippen LogP contribution in [0.5, 0.6) is 0 Å². The van der Waals surface area contributed by atoms with E-state index in [0.29, 0.717) is 44.2 Å². The molecule has 0 radical (unpaired) electrons. The number of hydrogen-bond donors (Lipinski definition) is 3. The van der Waals surface area contributed by atoms with E-state index < -0.39 is 5.60 Å². The molecule has 24 heavy (non-hydrogen) atoms. The van der Waals surface area contributed by atoms with Gasteiger partial charge in [-0.1, -0.05) is 30.3 Å². The van der Waals surface area contributed by atoms with Gasteiger partial charge in [0.15, 0.2) is 0 Å². The number of rotatable bonds is 3. The summed E-state index contributed by atoms with van der Waals surface area (Å²) in [6.07, 6.45) is 0. The monoisotopic (exact) mass is 332 g/mol. The lowest BCUT2D eigenvalue weighted by Crippen LogP contribution is -2.54. The molecule has 6 nitrogen and oxygen atoms in total. The van der Waals surface area contributed by atoms with E-state index in [0.717, 1.165) is 5.56 Å². The highest BCUT2D eigenvalue weighted by atomic mass is 16.5. The number of hydrogen-bond acceptors (Lipinski definition) is 4. The van der Waals surface area contributed by atoms with Gasteiger partial charge < -0.3 is 15.0 Å². The lowest BCUT2D eigenvalue weighted by molar-refractivity contribution is -0.0907. The van der Waals surface area contributed by atoms with E-state index in [9.17, 15) is 4.79 Å². The summed E-state index contributed by atoms with van der Waals surface area (Å²) in [4.78, 5) is 14.5. The largest absolute Gasteiger partial charge is 0.367 e. The number of hydrazine groups is 1. The molecule has 0 aliphatic carbocycles. The van der Waals surface area contributed by atoms with E-state index in [4.69, 9.17) is 4.74 Å². The van der Waals surface area contributed by atoms with E-state index in [-0.39, 0.29) is 6.03 Å². The van der Waals surface area contributed by atoms with Gasteiger partial charge in [-0.25, -0.2) is 4.79 Å². The van der Waals surface area contributed by atoms with Gasteiger partial charge in [-0.2, -0.15) is 0 Å². The highest BCUT2D eigenvalue weighted by molar-refractivity contribution is 5.74. The third-order valence-corrected chi connectivity index (χ3v) is 5.26. The Morgan fingerprint density at radius 1 is 1.29 bits per heavy atom. The van der Waals surface area contributed by atoms with Gasteiger partial charge >= 0.3 is 6.03 Å². The Kier molecular flexibility index (Phi) is 5.08. The normalized spacial score (nSPS) is 33.5. The van der Waals surface area contributed by atoms with Gasteiger partial charge in [0.25, 0.3) is 0 Å². The predicted molar refractivity (Wildman–Crippen MR) is 93.4 cm³/mol. The molecule has 3 unspecified atom stereocenters. The Morgan fingerprint density at radius 2 is 1.96 bits per heavy atom. The van der Waals surface area contributed by atoms with Crippen LogP contribution in [-0.4, -0.2) is 49.3 Å². The first-order valence-corrected chi connectivity index (χ1v) is 8.73. The molecular formula is C18H28N4O2. The van der Waals surface area contributed by atoms with Crippen LogP contribution in [0.1, 0.15) is 26.3 Å². The van der Waals surface area contributed by atoms with Crippen molar-refractivity contribution in [3.63, 3.8) is 0 Å². The van der Waals surface area contributed by atoms with Crippen LogP contribution in [-0.2, 0) is 10.3 Å². The molecule has 0 spiro atoms. The fourth-order valence-electron chi connectivity index (χ4n) is 3.59. The Hall–Kier alpha value is -1.63. The molecule has 1 aromatic carbocycles. The zero-order chi connectivity index (χ0) is 17.2. The number of morpholine rings is 1. The molecule has 2 amide bonds. The number of carbonyl (C=O) groups is 1. The molecule has 132 valence electrons. The first-order valence-electron chi connectivity index (χ1n) is 8.73. The van der Waals surface area contributed by atoms with E-state index in [2.05, 4.69) is 49.1 Å². The molecule has 0 bridgehead atoms. The van der Waals surface area contributed by atoms with Gasteiger partial charge in [-0.3, -0.25) is 10.9 Å². The number of nitrogens with one attached hydrogen (secondary N) is 3. The van der Waals surface area contributed by atoms with Crippen molar-refractivity contribution >= 4 is 6.03 Å². The predicted octanol–water partition coefficient (Wildman–Crippen LogP) is 1.44. The van der Waals surface area contributed by atoms with Crippen LogP contribution in [0.3, 0.4) is 0 Å². The van der Waals surface area contributed by atoms with Crippen molar-refractivity contribution < 1.29 is 9.53 Å². The lowest BCUT2D eigenvalue weighted by atomic mass is 9.94. The summed E-state index contributed by atoms with van der Waals surface area (Å²) >= 11 is 0. The zero-order valence-corrected chi connectivity index (χ0v) is 14.7. The number of benzene rings is 1. The SMILES string of the molecule is CC1NNC(C)C1CNC(=O)N1CCOC(C)(c2ccccc2)C1. The van der Waals surface area contributed by atoms with Crippen LogP contribution in [0, 0.1) is 5.92 Å². The van der Waals surface area contributed by atoms with Crippen LogP contribution >= 0.6 is 0 Å². The van der Waals surface area contributed by atoms with Crippen LogP contribution in [0.15, 0.2) is 30.3 Å². The maximum atomic E-state index is 12.6. The fourth-order valence-corrected chi connectivity index (χ4v) is 3.59. The Bertz CT molecular complexity index is 557. The highest BCUT2D eigenvalue weighted by Crippen LogP contribution is 2.29. The van der Waals surface area contributed by atoms with Crippen LogP contribution < -0.4 is 16.2 Å². The smallest absolute Gasteiger partial charge is 0.317 e. The summed E-state index contributed by atoms with van der Waals surface area (Å²) in [5.41, 5.74) is 7.10.